The molecule has 0 aromatic rings. The number of hydrogen-bond donors (Lipinski definition) is 0. The van der Waals surface area contributed by atoms with Crippen LogP contribution in [0.1, 0.15) is 26.7 Å². The molecule has 0 saturated carbocycles. The van der Waals surface area contributed by atoms with E-state index in [2.05, 4.69) is 13.8 Å². The van der Waals surface area contributed by atoms with Gasteiger partial charge in [0.2, 0.25) is 0 Å². The van der Waals surface area contributed by atoms with Crippen molar-refractivity contribution in [3.05, 3.63) is 0 Å². The van der Waals surface area contributed by atoms with Gasteiger partial charge in [0, 0.05) is 6.61 Å². The van der Waals surface area contributed by atoms with Gasteiger partial charge in [-0.1, -0.05) is 26.7 Å². The van der Waals surface area contributed by atoms with Gasteiger partial charge in [-0.3, -0.25) is 0 Å². The normalized spacial score (nSPS) is 20.4. The first-order valence-corrected chi connectivity index (χ1v) is 5.63. The van der Waals surface area contributed by atoms with Gasteiger partial charge in [-0.2, -0.15) is 0 Å². The monoisotopic (exact) mass is 202 g/mol. The van der Waals surface area contributed by atoms with Crippen LogP contribution < -0.4 is 0 Å². The molecule has 0 amide bonds. The highest BCUT2D eigenvalue weighted by Gasteiger charge is 2.21. The Hall–Kier alpha value is -0.120. The van der Waals surface area contributed by atoms with Crippen molar-refractivity contribution in [2.24, 2.45) is 5.92 Å². The van der Waals surface area contributed by atoms with Crippen molar-refractivity contribution in [2.75, 3.05) is 33.0 Å². The molecular weight excluding hydrogens is 180 g/mol. The summed E-state index contributed by atoms with van der Waals surface area (Å²) in [5.74, 6) is 0.710. The van der Waals surface area contributed by atoms with Crippen LogP contribution in [0.5, 0.6) is 0 Å². The second-order valence-electron chi connectivity index (χ2n) is 3.79. The molecule has 0 aromatic carbocycles. The fourth-order valence-electron chi connectivity index (χ4n) is 1.27. The minimum absolute atomic E-state index is 0.369. The summed E-state index contributed by atoms with van der Waals surface area (Å²) in [5, 5.41) is 0. The van der Waals surface area contributed by atoms with Crippen LogP contribution in [-0.2, 0) is 14.2 Å². The van der Waals surface area contributed by atoms with Crippen LogP contribution in [0.3, 0.4) is 0 Å². The lowest BCUT2D eigenvalue weighted by atomic mass is 10.1. The summed E-state index contributed by atoms with van der Waals surface area (Å²) in [6.45, 7) is 8.29. The molecule has 1 unspecified atom stereocenters. The Morgan fingerprint density at radius 2 is 1.86 bits per heavy atom. The molecule has 1 heterocycles. The van der Waals surface area contributed by atoms with Crippen LogP contribution in [0.25, 0.3) is 0 Å². The van der Waals surface area contributed by atoms with Gasteiger partial charge < -0.3 is 14.2 Å². The first kappa shape index (κ1) is 12.0. The van der Waals surface area contributed by atoms with E-state index in [0.717, 1.165) is 19.8 Å². The zero-order valence-corrected chi connectivity index (χ0v) is 9.33. The van der Waals surface area contributed by atoms with E-state index in [1.165, 1.54) is 12.8 Å². The fraction of sp³-hybridized carbons (Fsp3) is 1.00. The largest absolute Gasteiger partial charge is 0.379 e. The third-order valence-electron chi connectivity index (χ3n) is 2.59. The summed E-state index contributed by atoms with van der Waals surface area (Å²) in [5.41, 5.74) is 0. The summed E-state index contributed by atoms with van der Waals surface area (Å²) < 4.78 is 15.9. The van der Waals surface area contributed by atoms with E-state index in [4.69, 9.17) is 14.2 Å². The molecule has 0 bridgehead atoms. The molecule has 1 saturated heterocycles. The van der Waals surface area contributed by atoms with Crippen LogP contribution in [0.4, 0.5) is 0 Å². The van der Waals surface area contributed by atoms with Gasteiger partial charge in [0.1, 0.15) is 6.10 Å². The highest BCUT2D eigenvalue weighted by Crippen LogP contribution is 2.09. The van der Waals surface area contributed by atoms with Gasteiger partial charge in [0.05, 0.1) is 26.4 Å². The molecule has 0 aliphatic carbocycles. The Balaban J connectivity index is 1.78. The first-order chi connectivity index (χ1) is 6.86. The molecule has 0 spiro atoms. The van der Waals surface area contributed by atoms with Crippen molar-refractivity contribution < 1.29 is 14.2 Å². The van der Waals surface area contributed by atoms with Crippen LogP contribution in [0.2, 0.25) is 0 Å². The Morgan fingerprint density at radius 3 is 2.43 bits per heavy atom. The third-order valence-corrected chi connectivity index (χ3v) is 2.59. The molecule has 1 aliphatic rings. The molecule has 1 rings (SSSR count). The van der Waals surface area contributed by atoms with Crippen LogP contribution in [-0.4, -0.2) is 39.1 Å². The summed E-state index contributed by atoms with van der Waals surface area (Å²) in [4.78, 5) is 0. The molecule has 0 aromatic heterocycles. The summed E-state index contributed by atoms with van der Waals surface area (Å²) in [7, 11) is 0. The zero-order valence-electron chi connectivity index (χ0n) is 9.33. The molecule has 84 valence electrons. The fourth-order valence-corrected chi connectivity index (χ4v) is 1.27. The predicted molar refractivity (Wildman–Crippen MR) is 55.5 cm³/mol. The van der Waals surface area contributed by atoms with Gasteiger partial charge in [0.25, 0.3) is 0 Å². The highest BCUT2D eigenvalue weighted by molar-refractivity contribution is 4.66. The SMILES string of the molecule is CCC(CC)COCCOCC1CO1. The Morgan fingerprint density at radius 1 is 1.21 bits per heavy atom. The van der Waals surface area contributed by atoms with Gasteiger partial charge >= 0.3 is 0 Å². The maximum atomic E-state index is 5.51. The van der Waals surface area contributed by atoms with E-state index in [1.54, 1.807) is 0 Å². The smallest absolute Gasteiger partial charge is 0.104 e. The number of rotatable bonds is 9. The van der Waals surface area contributed by atoms with Gasteiger partial charge in [-0.25, -0.2) is 0 Å². The van der Waals surface area contributed by atoms with Crippen molar-refractivity contribution in [2.45, 2.75) is 32.8 Å². The summed E-state index contributed by atoms with van der Waals surface area (Å²) in [6, 6.07) is 0. The van der Waals surface area contributed by atoms with Gasteiger partial charge in [-0.05, 0) is 5.92 Å². The van der Waals surface area contributed by atoms with Crippen molar-refractivity contribution in [1.29, 1.82) is 0 Å². The average Bonchev–Trinajstić information content (AvgIpc) is 3.01. The lowest BCUT2D eigenvalue weighted by Crippen LogP contribution is -2.13. The zero-order chi connectivity index (χ0) is 10.2. The standard InChI is InChI=1S/C11H22O3/c1-3-10(4-2)7-12-5-6-13-8-11-9-14-11/h10-11H,3-9H2,1-2H3. The Kier molecular flexibility index (Phi) is 6.15. The topological polar surface area (TPSA) is 31.0 Å². The lowest BCUT2D eigenvalue weighted by molar-refractivity contribution is 0.0278. The molecule has 14 heavy (non-hydrogen) atoms. The molecule has 1 aliphatic heterocycles. The first-order valence-electron chi connectivity index (χ1n) is 5.63. The molecule has 3 heteroatoms. The summed E-state index contributed by atoms with van der Waals surface area (Å²) in [6.07, 6.45) is 2.77. The van der Waals surface area contributed by atoms with Gasteiger partial charge in [0.15, 0.2) is 0 Å². The quantitative estimate of drug-likeness (QED) is 0.422. The van der Waals surface area contributed by atoms with Crippen molar-refractivity contribution in [3.63, 3.8) is 0 Å². The van der Waals surface area contributed by atoms with Crippen LogP contribution in [0, 0.1) is 5.92 Å². The van der Waals surface area contributed by atoms with E-state index in [-0.39, 0.29) is 0 Å². The van der Waals surface area contributed by atoms with Crippen molar-refractivity contribution in [1.82, 2.24) is 0 Å². The molecule has 0 N–H and O–H groups in total. The molecule has 1 atom stereocenters. The van der Waals surface area contributed by atoms with E-state index >= 15 is 0 Å². The van der Waals surface area contributed by atoms with E-state index < -0.39 is 0 Å². The number of ether oxygens (including phenoxy) is 3. The van der Waals surface area contributed by atoms with Gasteiger partial charge in [-0.15, -0.1) is 0 Å². The summed E-state index contributed by atoms with van der Waals surface area (Å²) >= 11 is 0. The maximum Gasteiger partial charge on any atom is 0.104 e. The second-order valence-corrected chi connectivity index (χ2v) is 3.79. The third kappa shape index (κ3) is 5.58. The molecule has 3 nitrogen and oxygen atoms in total. The van der Waals surface area contributed by atoms with E-state index in [0.29, 0.717) is 25.2 Å². The molecule has 0 radical (unpaired) electrons. The molecular formula is C11H22O3. The highest BCUT2D eigenvalue weighted by atomic mass is 16.6. The minimum Gasteiger partial charge on any atom is -0.379 e. The minimum atomic E-state index is 0.369. The molecule has 1 fully saturated rings. The lowest BCUT2D eigenvalue weighted by Gasteiger charge is -2.12. The van der Waals surface area contributed by atoms with Crippen LogP contribution in [0.15, 0.2) is 0 Å². The van der Waals surface area contributed by atoms with Crippen molar-refractivity contribution >= 4 is 0 Å². The number of hydrogen-bond acceptors (Lipinski definition) is 3. The Bertz CT molecular complexity index is 130. The number of epoxide rings is 1. The van der Waals surface area contributed by atoms with Crippen LogP contribution >= 0.6 is 0 Å². The second kappa shape index (κ2) is 7.21. The van der Waals surface area contributed by atoms with Crippen molar-refractivity contribution in [3.8, 4) is 0 Å². The van der Waals surface area contributed by atoms with E-state index in [1.807, 2.05) is 0 Å². The maximum absolute atomic E-state index is 5.51. The Labute approximate surface area is 86.7 Å². The predicted octanol–water partition coefficient (Wildman–Crippen LogP) is 1.85. The van der Waals surface area contributed by atoms with E-state index in [9.17, 15) is 0 Å². The average molecular weight is 202 g/mol.